The highest BCUT2D eigenvalue weighted by atomic mass is 16.4. The molecule has 0 radical (unpaired) electrons. The average Bonchev–Trinajstić information content (AvgIpc) is 3.05. The van der Waals surface area contributed by atoms with Gasteiger partial charge < -0.3 is 14.4 Å². The normalized spacial score (nSPS) is 15.8. The van der Waals surface area contributed by atoms with Crippen LogP contribution in [0, 0.1) is 5.92 Å². The predicted molar refractivity (Wildman–Crippen MR) is 73.8 cm³/mol. The minimum absolute atomic E-state index is 0.0178. The molecule has 20 heavy (non-hydrogen) atoms. The van der Waals surface area contributed by atoms with Gasteiger partial charge in [-0.15, -0.1) is 0 Å². The molecule has 0 unspecified atom stereocenters. The number of hydrogen-bond donors (Lipinski definition) is 1. The molecule has 0 atom stereocenters. The van der Waals surface area contributed by atoms with Gasteiger partial charge in [0.25, 0.3) is 5.91 Å². The fraction of sp³-hybridized carbons (Fsp3) is 0.600. The van der Waals surface area contributed by atoms with Crippen LogP contribution >= 0.6 is 0 Å². The van der Waals surface area contributed by atoms with E-state index in [2.05, 4.69) is 13.8 Å². The third kappa shape index (κ3) is 3.21. The van der Waals surface area contributed by atoms with Gasteiger partial charge >= 0.3 is 5.97 Å². The second-order valence-corrected chi connectivity index (χ2v) is 5.79. The number of carbonyl (C=O) groups excluding carboxylic acids is 1. The minimum atomic E-state index is -1.08. The van der Waals surface area contributed by atoms with Crippen molar-refractivity contribution in [3.05, 3.63) is 23.7 Å². The largest absolute Gasteiger partial charge is 0.478 e. The van der Waals surface area contributed by atoms with Gasteiger partial charge in [-0.3, -0.25) is 4.79 Å². The van der Waals surface area contributed by atoms with Crippen LogP contribution < -0.4 is 0 Å². The first-order valence-electron chi connectivity index (χ1n) is 7.12. The maximum atomic E-state index is 12.5. The molecule has 1 N–H and O–H groups in total. The second kappa shape index (κ2) is 6.11. The van der Waals surface area contributed by atoms with Crippen LogP contribution in [-0.2, 0) is 0 Å². The molecule has 0 saturated heterocycles. The molecule has 0 aromatic carbocycles. The molecule has 5 heteroatoms. The molecular weight excluding hydrogens is 258 g/mol. The van der Waals surface area contributed by atoms with Crippen molar-refractivity contribution in [2.24, 2.45) is 5.92 Å². The van der Waals surface area contributed by atoms with Gasteiger partial charge in [-0.05, 0) is 18.8 Å². The third-order valence-electron chi connectivity index (χ3n) is 3.65. The van der Waals surface area contributed by atoms with Crippen molar-refractivity contribution in [2.45, 2.75) is 45.6 Å². The van der Waals surface area contributed by atoms with Crippen LogP contribution in [0.25, 0.3) is 0 Å². The summed E-state index contributed by atoms with van der Waals surface area (Å²) in [5.74, 6) is -0.786. The Morgan fingerprint density at radius 2 is 2.05 bits per heavy atom. The van der Waals surface area contributed by atoms with E-state index in [0.29, 0.717) is 12.5 Å². The molecule has 0 aliphatic heterocycles. The van der Waals surface area contributed by atoms with Crippen LogP contribution in [0.1, 0.15) is 60.4 Å². The topological polar surface area (TPSA) is 70.8 Å². The zero-order valence-corrected chi connectivity index (χ0v) is 12.0. The number of carbonyl (C=O) groups is 2. The Labute approximate surface area is 118 Å². The van der Waals surface area contributed by atoms with Gasteiger partial charge in [0.1, 0.15) is 6.26 Å². The number of amides is 1. The second-order valence-electron chi connectivity index (χ2n) is 5.79. The number of carboxylic acid groups (broad SMARTS) is 1. The molecule has 110 valence electrons. The summed E-state index contributed by atoms with van der Waals surface area (Å²) in [5, 5.41) is 8.89. The van der Waals surface area contributed by atoms with E-state index in [0.717, 1.165) is 31.9 Å². The predicted octanol–water partition coefficient (Wildman–Crippen LogP) is 3.02. The standard InChI is InChI=1S/C15H21NO4/c1-10(2)8-16(12-5-3-4-6-12)14(17)13-7-11(9-20-13)15(18)19/h7,9-10,12H,3-6,8H2,1-2H3,(H,18,19). The first-order chi connectivity index (χ1) is 9.49. The lowest BCUT2D eigenvalue weighted by Crippen LogP contribution is -2.41. The van der Waals surface area contributed by atoms with Gasteiger partial charge in [0.2, 0.25) is 0 Å². The Bertz CT molecular complexity index is 486. The van der Waals surface area contributed by atoms with Crippen molar-refractivity contribution in [1.82, 2.24) is 4.90 Å². The lowest BCUT2D eigenvalue weighted by atomic mass is 10.1. The molecule has 0 spiro atoms. The van der Waals surface area contributed by atoms with Gasteiger partial charge in [0.05, 0.1) is 5.56 Å². The van der Waals surface area contributed by atoms with E-state index in [1.807, 2.05) is 4.90 Å². The van der Waals surface area contributed by atoms with Crippen molar-refractivity contribution < 1.29 is 19.1 Å². The quantitative estimate of drug-likeness (QED) is 0.899. The van der Waals surface area contributed by atoms with E-state index in [4.69, 9.17) is 9.52 Å². The van der Waals surface area contributed by atoms with Crippen molar-refractivity contribution in [3.63, 3.8) is 0 Å². The highest BCUT2D eigenvalue weighted by Crippen LogP contribution is 2.26. The number of furan rings is 1. The maximum absolute atomic E-state index is 12.5. The van der Waals surface area contributed by atoms with Gasteiger partial charge in [0.15, 0.2) is 5.76 Å². The lowest BCUT2D eigenvalue weighted by Gasteiger charge is -2.29. The Kier molecular flexibility index (Phi) is 4.47. The molecule has 5 nitrogen and oxygen atoms in total. The molecule has 1 aliphatic carbocycles. The van der Waals surface area contributed by atoms with Gasteiger partial charge in [-0.25, -0.2) is 4.79 Å². The maximum Gasteiger partial charge on any atom is 0.338 e. The van der Waals surface area contributed by atoms with Crippen LogP contribution in [0.5, 0.6) is 0 Å². The summed E-state index contributed by atoms with van der Waals surface area (Å²) in [5.41, 5.74) is 0.0178. The first-order valence-corrected chi connectivity index (χ1v) is 7.12. The Morgan fingerprint density at radius 3 is 2.55 bits per heavy atom. The third-order valence-corrected chi connectivity index (χ3v) is 3.65. The number of nitrogens with zero attached hydrogens (tertiary/aromatic N) is 1. The molecule has 2 rings (SSSR count). The summed E-state index contributed by atoms with van der Waals surface area (Å²) in [4.78, 5) is 25.2. The molecule has 1 fully saturated rings. The minimum Gasteiger partial charge on any atom is -0.478 e. The van der Waals surface area contributed by atoms with Crippen LogP contribution in [0.4, 0.5) is 0 Å². The summed E-state index contributed by atoms with van der Waals surface area (Å²) in [6.45, 7) is 4.81. The number of rotatable bonds is 5. The van der Waals surface area contributed by atoms with E-state index in [1.54, 1.807) is 0 Å². The molecule has 1 heterocycles. The fourth-order valence-electron chi connectivity index (χ4n) is 2.71. The van der Waals surface area contributed by atoms with E-state index >= 15 is 0 Å². The molecule has 1 saturated carbocycles. The highest BCUT2D eigenvalue weighted by Gasteiger charge is 2.29. The van der Waals surface area contributed by atoms with E-state index < -0.39 is 5.97 Å². The Balaban J connectivity index is 2.17. The zero-order chi connectivity index (χ0) is 14.7. The van der Waals surface area contributed by atoms with Crippen LogP contribution in [0.15, 0.2) is 16.7 Å². The number of aromatic carboxylic acids is 1. The summed E-state index contributed by atoms with van der Waals surface area (Å²) in [6.07, 6.45) is 5.45. The number of carboxylic acids is 1. The smallest absolute Gasteiger partial charge is 0.338 e. The lowest BCUT2D eigenvalue weighted by molar-refractivity contribution is 0.0622. The van der Waals surface area contributed by atoms with Gasteiger partial charge in [-0.1, -0.05) is 26.7 Å². The first kappa shape index (κ1) is 14.6. The SMILES string of the molecule is CC(C)CN(C(=O)c1cc(C(=O)O)co1)C1CCCC1. The molecule has 1 amide bonds. The van der Waals surface area contributed by atoms with Gasteiger partial charge in [-0.2, -0.15) is 0 Å². The summed E-state index contributed by atoms with van der Waals surface area (Å²) >= 11 is 0. The fourth-order valence-corrected chi connectivity index (χ4v) is 2.71. The number of hydrogen-bond acceptors (Lipinski definition) is 3. The van der Waals surface area contributed by atoms with Crippen molar-refractivity contribution in [2.75, 3.05) is 6.54 Å². The summed E-state index contributed by atoms with van der Waals surface area (Å²) < 4.78 is 5.14. The van der Waals surface area contributed by atoms with Crippen molar-refractivity contribution in [1.29, 1.82) is 0 Å². The summed E-state index contributed by atoms with van der Waals surface area (Å²) in [6, 6.07) is 1.57. The molecule has 1 aliphatic rings. The molecular formula is C15H21NO4. The monoisotopic (exact) mass is 279 g/mol. The Hall–Kier alpha value is -1.78. The molecule has 0 bridgehead atoms. The molecule has 1 aromatic rings. The van der Waals surface area contributed by atoms with Crippen LogP contribution in [0.3, 0.4) is 0 Å². The van der Waals surface area contributed by atoms with E-state index in [1.165, 1.54) is 6.07 Å². The average molecular weight is 279 g/mol. The Morgan fingerprint density at radius 1 is 1.40 bits per heavy atom. The van der Waals surface area contributed by atoms with E-state index in [-0.39, 0.29) is 23.3 Å². The zero-order valence-electron chi connectivity index (χ0n) is 12.0. The van der Waals surface area contributed by atoms with Crippen molar-refractivity contribution >= 4 is 11.9 Å². The van der Waals surface area contributed by atoms with Crippen LogP contribution in [-0.4, -0.2) is 34.5 Å². The van der Waals surface area contributed by atoms with Crippen LogP contribution in [0.2, 0.25) is 0 Å². The molecule has 1 aromatic heterocycles. The summed E-state index contributed by atoms with van der Waals surface area (Å²) in [7, 11) is 0. The van der Waals surface area contributed by atoms with Crippen molar-refractivity contribution in [3.8, 4) is 0 Å². The highest BCUT2D eigenvalue weighted by molar-refractivity contribution is 5.95. The van der Waals surface area contributed by atoms with Gasteiger partial charge in [0, 0.05) is 18.7 Å². The van der Waals surface area contributed by atoms with E-state index in [9.17, 15) is 9.59 Å².